The van der Waals surface area contributed by atoms with Gasteiger partial charge in [0, 0.05) is 73.8 Å². The number of rotatable bonds is 6. The molecule has 8 atom stereocenters. The number of morpholine rings is 2. The molecule has 0 saturated carbocycles. The van der Waals surface area contributed by atoms with E-state index < -0.39 is 71.9 Å². The largest absolute Gasteiger partial charge is 0.418 e. The predicted molar refractivity (Wildman–Crippen MR) is 206 cm³/mol. The van der Waals surface area contributed by atoms with Gasteiger partial charge in [0.1, 0.15) is 12.3 Å². The number of alkyl halides is 8. The second kappa shape index (κ2) is 17.6. The Morgan fingerprint density at radius 1 is 0.633 bits per heavy atom. The molecule has 324 valence electrons. The molecule has 6 heterocycles. The molecule has 4 aromatic rings. The molecule has 4 fully saturated rings. The third-order valence-corrected chi connectivity index (χ3v) is 10.8. The summed E-state index contributed by atoms with van der Waals surface area (Å²) in [5.74, 6) is -0.866. The van der Waals surface area contributed by atoms with E-state index in [0.29, 0.717) is 48.3 Å². The van der Waals surface area contributed by atoms with Crippen molar-refractivity contribution in [1.82, 2.24) is 31.2 Å². The molecule has 4 saturated heterocycles. The van der Waals surface area contributed by atoms with E-state index in [9.17, 15) is 44.7 Å². The molecular formula is C40H44F8N8O4. The summed E-state index contributed by atoms with van der Waals surface area (Å²) in [5.41, 5.74) is -0.796. The lowest BCUT2D eigenvalue weighted by Crippen LogP contribution is -2.55. The lowest BCUT2D eigenvalue weighted by molar-refractivity contribution is -0.138. The lowest BCUT2D eigenvalue weighted by atomic mass is 10.0. The standard InChI is InChI=1S/2C20H22F4N4O2/c2*1-11-9-28(10-17(30-11)19(29)27-15-8-25-7-14(15)21)16-5-4-13(20(22,23)24)18-12(16)3-2-6-26-18/h2*2-6,11,14-15,17,25H,7-10H2,1H3,(H,27,29)/t11-,14+,15-,17-;11-,14-,15+,17-/m11/s1. The van der Waals surface area contributed by atoms with Crippen molar-refractivity contribution >= 4 is 45.0 Å². The fourth-order valence-electron chi connectivity index (χ4n) is 8.04. The maximum Gasteiger partial charge on any atom is 0.418 e. The van der Waals surface area contributed by atoms with Gasteiger partial charge in [0.2, 0.25) is 0 Å². The van der Waals surface area contributed by atoms with Crippen molar-refractivity contribution < 1.29 is 54.2 Å². The highest BCUT2D eigenvalue weighted by atomic mass is 19.4. The number of carbonyl (C=O) groups is 2. The minimum Gasteiger partial charge on any atom is -0.365 e. The predicted octanol–water partition coefficient (Wildman–Crippen LogP) is 4.55. The number of aromatic nitrogens is 2. The summed E-state index contributed by atoms with van der Waals surface area (Å²) in [7, 11) is 0. The normalized spacial score (nSPS) is 27.4. The number of amides is 2. The minimum absolute atomic E-state index is 0.139. The molecule has 0 aliphatic carbocycles. The van der Waals surface area contributed by atoms with Gasteiger partial charge in [-0.25, -0.2) is 8.78 Å². The van der Waals surface area contributed by atoms with E-state index in [0.717, 1.165) is 12.1 Å². The number of anilines is 2. The van der Waals surface area contributed by atoms with Crippen LogP contribution in [0.3, 0.4) is 0 Å². The van der Waals surface area contributed by atoms with Crippen molar-refractivity contribution in [2.24, 2.45) is 0 Å². The topological polar surface area (TPSA) is 133 Å². The Bertz CT molecular complexity index is 2030. The first-order chi connectivity index (χ1) is 28.5. The average molecular weight is 853 g/mol. The Kier molecular flexibility index (Phi) is 12.7. The van der Waals surface area contributed by atoms with Crippen molar-refractivity contribution in [3.8, 4) is 0 Å². The molecule has 2 aromatic carbocycles. The molecular weight excluding hydrogens is 808 g/mol. The number of fused-ring (bicyclic) bond motifs is 2. The molecule has 0 bridgehead atoms. The molecule has 2 aromatic heterocycles. The zero-order valence-electron chi connectivity index (χ0n) is 32.5. The van der Waals surface area contributed by atoms with Gasteiger partial charge >= 0.3 is 12.4 Å². The summed E-state index contributed by atoms with van der Waals surface area (Å²) in [6, 6.07) is 9.90. The first-order valence-electron chi connectivity index (χ1n) is 19.5. The molecule has 12 nitrogen and oxygen atoms in total. The molecule has 4 N–H and O–H groups in total. The summed E-state index contributed by atoms with van der Waals surface area (Å²) in [5, 5.41) is 11.8. The summed E-state index contributed by atoms with van der Waals surface area (Å²) in [4.78, 5) is 36.8. The highest BCUT2D eigenvalue weighted by molar-refractivity contribution is 5.96. The lowest BCUT2D eigenvalue weighted by Gasteiger charge is -2.38. The van der Waals surface area contributed by atoms with E-state index >= 15 is 0 Å². The Morgan fingerprint density at radius 3 is 1.38 bits per heavy atom. The van der Waals surface area contributed by atoms with Crippen LogP contribution in [0, 0.1) is 0 Å². The van der Waals surface area contributed by atoms with Crippen LogP contribution in [-0.4, -0.2) is 123 Å². The van der Waals surface area contributed by atoms with Gasteiger partial charge < -0.3 is 40.5 Å². The van der Waals surface area contributed by atoms with E-state index in [1.165, 1.54) is 24.5 Å². The summed E-state index contributed by atoms with van der Waals surface area (Å²) < 4.78 is 119. The van der Waals surface area contributed by atoms with E-state index in [4.69, 9.17) is 9.47 Å². The zero-order valence-corrected chi connectivity index (χ0v) is 32.5. The van der Waals surface area contributed by atoms with Crippen LogP contribution in [0.1, 0.15) is 25.0 Å². The number of hydrogen-bond donors (Lipinski definition) is 4. The number of pyridine rings is 2. The van der Waals surface area contributed by atoms with E-state index in [1.807, 2.05) is 9.80 Å². The van der Waals surface area contributed by atoms with Gasteiger partial charge in [-0.1, -0.05) is 0 Å². The maximum absolute atomic E-state index is 13.8. The second-order valence-corrected chi connectivity index (χ2v) is 15.3. The first-order valence-corrected chi connectivity index (χ1v) is 19.5. The summed E-state index contributed by atoms with van der Waals surface area (Å²) in [6.07, 6.45) is -11.2. The fourth-order valence-corrected chi connectivity index (χ4v) is 8.04. The van der Waals surface area contributed by atoms with Gasteiger partial charge in [-0.2, -0.15) is 26.3 Å². The summed E-state index contributed by atoms with van der Waals surface area (Å²) >= 11 is 0. The molecule has 4 aliphatic heterocycles. The van der Waals surface area contributed by atoms with Crippen molar-refractivity contribution in [3.63, 3.8) is 0 Å². The van der Waals surface area contributed by atoms with Crippen LogP contribution >= 0.6 is 0 Å². The Labute approximate surface area is 339 Å². The van der Waals surface area contributed by atoms with Crippen molar-refractivity contribution in [3.05, 3.63) is 72.1 Å². The Hall–Kier alpha value is -4.92. The van der Waals surface area contributed by atoms with Crippen molar-refractivity contribution in [2.75, 3.05) is 62.2 Å². The van der Waals surface area contributed by atoms with E-state index in [1.54, 1.807) is 38.1 Å². The number of halogens is 8. The van der Waals surface area contributed by atoms with Gasteiger partial charge in [-0.3, -0.25) is 19.6 Å². The molecule has 20 heteroatoms. The Morgan fingerprint density at radius 2 is 1.03 bits per heavy atom. The van der Waals surface area contributed by atoms with Gasteiger partial charge in [-0.15, -0.1) is 0 Å². The van der Waals surface area contributed by atoms with Gasteiger partial charge in [0.05, 0.1) is 59.5 Å². The minimum atomic E-state index is -4.52. The van der Waals surface area contributed by atoms with Crippen LogP contribution in [0.25, 0.3) is 21.8 Å². The number of hydrogen-bond acceptors (Lipinski definition) is 10. The van der Waals surface area contributed by atoms with Crippen LogP contribution in [0.5, 0.6) is 0 Å². The molecule has 4 aliphatic rings. The molecule has 0 radical (unpaired) electrons. The molecule has 2 amide bonds. The van der Waals surface area contributed by atoms with Crippen LogP contribution in [0.4, 0.5) is 46.5 Å². The maximum atomic E-state index is 13.8. The van der Waals surface area contributed by atoms with Crippen molar-refractivity contribution in [2.45, 2.75) is 75.0 Å². The fraction of sp³-hybridized carbons (Fsp3) is 0.500. The van der Waals surface area contributed by atoms with Crippen LogP contribution in [-0.2, 0) is 31.4 Å². The SMILES string of the molecule is C[C@@H]1CN(c2ccc(C(F)(F)F)c3ncccc23)C[C@H](C(=O)N[C@@H]2CNC[C@@H]2F)O1.C[C@@H]1CN(c2ccc(C(F)(F)F)c3ncccc23)C[C@H](C(=O)N[C@H]2CNC[C@H]2F)O1. The number of ether oxygens (including phenoxy) is 2. The highest BCUT2D eigenvalue weighted by Gasteiger charge is 2.39. The van der Waals surface area contributed by atoms with Gasteiger partial charge in [-0.05, 0) is 62.4 Å². The van der Waals surface area contributed by atoms with Gasteiger partial charge in [0.15, 0.2) is 12.2 Å². The van der Waals surface area contributed by atoms with Crippen LogP contribution in [0.2, 0.25) is 0 Å². The van der Waals surface area contributed by atoms with E-state index in [2.05, 4.69) is 31.2 Å². The van der Waals surface area contributed by atoms with Crippen molar-refractivity contribution in [1.29, 1.82) is 0 Å². The molecule has 60 heavy (non-hydrogen) atoms. The molecule has 0 unspecified atom stereocenters. The highest BCUT2D eigenvalue weighted by Crippen LogP contribution is 2.40. The Balaban J connectivity index is 0.000000181. The van der Waals surface area contributed by atoms with Gasteiger partial charge in [0.25, 0.3) is 11.8 Å². The number of nitrogens with zero attached hydrogens (tertiary/aromatic N) is 4. The number of nitrogens with one attached hydrogen (secondary N) is 4. The first kappa shape index (κ1) is 43.2. The van der Waals surface area contributed by atoms with Crippen LogP contribution in [0.15, 0.2) is 60.9 Å². The molecule has 0 spiro atoms. The average Bonchev–Trinajstić information content (AvgIpc) is 3.81. The third kappa shape index (κ3) is 9.50. The van der Waals surface area contributed by atoms with E-state index in [-0.39, 0.29) is 49.4 Å². The van der Waals surface area contributed by atoms with Crippen LogP contribution < -0.4 is 31.1 Å². The zero-order chi connectivity index (χ0) is 42.9. The molecule has 8 rings (SSSR count). The summed E-state index contributed by atoms with van der Waals surface area (Å²) in [6.45, 7) is 5.70. The monoisotopic (exact) mass is 852 g/mol. The number of benzene rings is 2. The second-order valence-electron chi connectivity index (χ2n) is 15.3. The quantitative estimate of drug-likeness (QED) is 0.205. The third-order valence-electron chi connectivity index (χ3n) is 10.8. The number of carbonyl (C=O) groups excluding carboxylic acids is 2. The smallest absolute Gasteiger partial charge is 0.365 e.